The molecule has 1 aliphatic heterocycles. The third-order valence-corrected chi connectivity index (χ3v) is 9.75. The molecule has 0 radical (unpaired) electrons. The largest absolute Gasteiger partial charge is 0.479 e. The summed E-state index contributed by atoms with van der Waals surface area (Å²) in [5.74, 6) is -2.45. The van der Waals surface area contributed by atoms with Crippen LogP contribution in [0.4, 0.5) is 0 Å². The first kappa shape index (κ1) is 50.4. The molecule has 11 heteroatoms. The monoisotopic (exact) mass is 781 g/mol. The highest BCUT2D eigenvalue weighted by Crippen LogP contribution is 2.23. The Bertz CT molecular complexity index is 1060. The Kier molecular flexibility index (Phi) is 31.8. The molecule has 0 spiro atoms. The van der Waals surface area contributed by atoms with Gasteiger partial charge in [0.25, 0.3) is 0 Å². The minimum atomic E-state index is -1.86. The predicted octanol–water partition coefficient (Wildman–Crippen LogP) is 8.81. The fourth-order valence-corrected chi connectivity index (χ4v) is 6.36. The minimum absolute atomic E-state index is 0.183. The van der Waals surface area contributed by atoms with Crippen molar-refractivity contribution in [3.8, 4) is 0 Å². The molecular formula is C44H76O11. The number of hydrogen-bond donors (Lipinski definition) is 4. The summed E-state index contributed by atoms with van der Waals surface area (Å²) in [5.41, 5.74) is 0. The van der Waals surface area contributed by atoms with Gasteiger partial charge in [-0.05, 0) is 44.9 Å². The molecule has 6 unspecified atom stereocenters. The second kappa shape index (κ2) is 34.7. The highest BCUT2D eigenvalue weighted by atomic mass is 16.7. The van der Waals surface area contributed by atoms with Gasteiger partial charge in [0.1, 0.15) is 24.9 Å². The summed E-state index contributed by atoms with van der Waals surface area (Å²) in [5, 5.41) is 39.7. The van der Waals surface area contributed by atoms with Crippen molar-refractivity contribution in [2.24, 2.45) is 0 Å². The van der Waals surface area contributed by atoms with Crippen LogP contribution in [0.5, 0.6) is 0 Å². The van der Waals surface area contributed by atoms with Crippen LogP contribution in [-0.2, 0) is 33.3 Å². The van der Waals surface area contributed by atoms with Crippen LogP contribution < -0.4 is 0 Å². The van der Waals surface area contributed by atoms with Crippen LogP contribution in [0.2, 0.25) is 0 Å². The zero-order valence-electron chi connectivity index (χ0n) is 34.2. The van der Waals surface area contributed by atoms with E-state index >= 15 is 0 Å². The van der Waals surface area contributed by atoms with Crippen molar-refractivity contribution in [3.05, 3.63) is 36.5 Å². The van der Waals surface area contributed by atoms with Crippen molar-refractivity contribution in [1.29, 1.82) is 0 Å². The summed E-state index contributed by atoms with van der Waals surface area (Å²) in [7, 11) is 0. The van der Waals surface area contributed by atoms with Crippen LogP contribution >= 0.6 is 0 Å². The molecule has 1 rings (SSSR count). The molecule has 55 heavy (non-hydrogen) atoms. The summed E-state index contributed by atoms with van der Waals surface area (Å²) in [6.45, 7) is 3.68. The van der Waals surface area contributed by atoms with Crippen molar-refractivity contribution < 1.29 is 53.8 Å². The Morgan fingerprint density at radius 1 is 0.582 bits per heavy atom. The number of ether oxygens (including phenoxy) is 4. The maximum absolute atomic E-state index is 12.7. The number of carbonyl (C=O) groups is 3. The topological polar surface area (TPSA) is 169 Å². The normalized spacial score (nSPS) is 20.8. The second-order valence-corrected chi connectivity index (χ2v) is 14.8. The van der Waals surface area contributed by atoms with Crippen molar-refractivity contribution in [2.75, 3.05) is 13.2 Å². The molecule has 6 atom stereocenters. The van der Waals surface area contributed by atoms with Gasteiger partial charge in [-0.2, -0.15) is 0 Å². The lowest BCUT2D eigenvalue weighted by atomic mass is 9.99. The molecule has 1 heterocycles. The van der Waals surface area contributed by atoms with Gasteiger partial charge in [0.05, 0.1) is 6.61 Å². The predicted molar refractivity (Wildman–Crippen MR) is 215 cm³/mol. The zero-order valence-corrected chi connectivity index (χ0v) is 34.2. The van der Waals surface area contributed by atoms with Gasteiger partial charge in [-0.1, -0.05) is 153 Å². The molecule has 1 aliphatic rings. The van der Waals surface area contributed by atoms with E-state index in [1.165, 1.54) is 64.2 Å². The summed E-state index contributed by atoms with van der Waals surface area (Å²) in [4.78, 5) is 36.7. The SMILES string of the molecule is CC/C=C\C/C=C\C/C=C\CCCCCCCCCC(=O)OCC(COC1OC(C(=O)O)C(O)C(O)C1O)OC(=O)CCCCCCCCCCCCCC. The molecule has 0 aromatic rings. The first-order valence-corrected chi connectivity index (χ1v) is 21.5. The molecular weight excluding hydrogens is 704 g/mol. The second-order valence-electron chi connectivity index (χ2n) is 14.8. The number of carboxylic acids is 1. The Balaban J connectivity index is 2.38. The van der Waals surface area contributed by atoms with Crippen molar-refractivity contribution in [1.82, 2.24) is 0 Å². The minimum Gasteiger partial charge on any atom is -0.479 e. The number of esters is 2. The lowest BCUT2D eigenvalue weighted by Crippen LogP contribution is -2.60. The number of hydrogen-bond acceptors (Lipinski definition) is 10. The lowest BCUT2D eigenvalue weighted by Gasteiger charge is -2.38. The maximum atomic E-state index is 12.7. The number of aliphatic carboxylic acids is 1. The molecule has 0 bridgehead atoms. The van der Waals surface area contributed by atoms with Crippen LogP contribution in [0, 0.1) is 0 Å². The molecule has 4 N–H and O–H groups in total. The molecule has 1 saturated heterocycles. The van der Waals surface area contributed by atoms with E-state index in [1.807, 2.05) is 0 Å². The van der Waals surface area contributed by atoms with Crippen LogP contribution in [0.3, 0.4) is 0 Å². The van der Waals surface area contributed by atoms with Gasteiger partial charge in [0.15, 0.2) is 18.5 Å². The van der Waals surface area contributed by atoms with Crippen molar-refractivity contribution in [2.45, 2.75) is 211 Å². The summed E-state index contributed by atoms with van der Waals surface area (Å²) < 4.78 is 21.7. The van der Waals surface area contributed by atoms with Gasteiger partial charge >= 0.3 is 17.9 Å². The molecule has 0 amide bonds. The molecule has 0 saturated carbocycles. The first-order valence-electron chi connectivity index (χ1n) is 21.5. The molecule has 11 nitrogen and oxygen atoms in total. The Hall–Kier alpha value is -2.57. The van der Waals surface area contributed by atoms with E-state index in [-0.39, 0.29) is 19.4 Å². The first-order chi connectivity index (χ1) is 26.7. The fourth-order valence-electron chi connectivity index (χ4n) is 6.36. The van der Waals surface area contributed by atoms with Gasteiger partial charge in [-0.25, -0.2) is 4.79 Å². The van der Waals surface area contributed by atoms with E-state index in [9.17, 15) is 34.8 Å². The fraction of sp³-hybridized carbons (Fsp3) is 0.795. The number of unbranched alkanes of at least 4 members (excludes halogenated alkanes) is 18. The summed E-state index contributed by atoms with van der Waals surface area (Å²) in [6.07, 6.45) is 29.1. The maximum Gasteiger partial charge on any atom is 0.335 e. The molecule has 0 aromatic heterocycles. The van der Waals surface area contributed by atoms with E-state index in [4.69, 9.17) is 18.9 Å². The number of allylic oxidation sites excluding steroid dienone is 6. The van der Waals surface area contributed by atoms with Crippen LogP contribution in [0.1, 0.15) is 174 Å². The van der Waals surface area contributed by atoms with E-state index in [0.717, 1.165) is 70.6 Å². The quantitative estimate of drug-likeness (QED) is 0.0275. The molecule has 1 fully saturated rings. The number of aliphatic hydroxyl groups excluding tert-OH is 3. The summed E-state index contributed by atoms with van der Waals surface area (Å²) in [6, 6.07) is 0. The third-order valence-electron chi connectivity index (χ3n) is 9.75. The standard InChI is InChI=1S/C44H76O11/c1-3-5-7-9-11-13-15-17-18-19-20-21-23-24-26-28-30-32-37(45)52-34-36(35-53-44-41(49)39(47)40(48)42(55-44)43(50)51)54-38(46)33-31-29-27-25-22-16-14-12-10-8-6-4-2/h5,7,11,13,17-18,36,39-42,44,47-49H,3-4,6,8-10,12,14-16,19-35H2,1-2H3,(H,50,51)/b7-5-,13-11-,18-17-. The van der Waals surface area contributed by atoms with Gasteiger partial charge < -0.3 is 39.4 Å². The van der Waals surface area contributed by atoms with Crippen molar-refractivity contribution >= 4 is 17.9 Å². The van der Waals surface area contributed by atoms with E-state index in [2.05, 4.69) is 50.3 Å². The van der Waals surface area contributed by atoms with Crippen LogP contribution in [0.15, 0.2) is 36.5 Å². The van der Waals surface area contributed by atoms with Crippen LogP contribution in [0.25, 0.3) is 0 Å². The average Bonchev–Trinajstić information content (AvgIpc) is 3.17. The third kappa shape index (κ3) is 26.8. The van der Waals surface area contributed by atoms with Gasteiger partial charge in [-0.3, -0.25) is 9.59 Å². The van der Waals surface area contributed by atoms with Gasteiger partial charge in [-0.15, -0.1) is 0 Å². The lowest BCUT2D eigenvalue weighted by molar-refractivity contribution is -0.298. The molecule has 318 valence electrons. The van der Waals surface area contributed by atoms with Gasteiger partial charge in [0.2, 0.25) is 0 Å². The number of aliphatic hydroxyl groups is 3. The molecule has 0 aromatic carbocycles. The Morgan fingerprint density at radius 2 is 1.07 bits per heavy atom. The Labute approximate surface area is 331 Å². The van der Waals surface area contributed by atoms with E-state index < -0.39 is 61.3 Å². The highest BCUT2D eigenvalue weighted by Gasteiger charge is 2.47. The highest BCUT2D eigenvalue weighted by molar-refractivity contribution is 5.73. The summed E-state index contributed by atoms with van der Waals surface area (Å²) >= 11 is 0. The molecule has 0 aliphatic carbocycles. The Morgan fingerprint density at radius 3 is 1.62 bits per heavy atom. The zero-order chi connectivity index (χ0) is 40.4. The average molecular weight is 781 g/mol. The van der Waals surface area contributed by atoms with E-state index in [1.54, 1.807) is 0 Å². The van der Waals surface area contributed by atoms with Gasteiger partial charge in [0, 0.05) is 12.8 Å². The van der Waals surface area contributed by atoms with Crippen LogP contribution in [-0.4, -0.2) is 88.4 Å². The van der Waals surface area contributed by atoms with Crippen molar-refractivity contribution in [3.63, 3.8) is 0 Å². The van der Waals surface area contributed by atoms with E-state index in [0.29, 0.717) is 12.8 Å². The number of rotatable bonds is 35. The smallest absolute Gasteiger partial charge is 0.335 e. The number of carboxylic acid groups (broad SMARTS) is 1. The number of carbonyl (C=O) groups excluding carboxylic acids is 2.